The van der Waals surface area contributed by atoms with Gasteiger partial charge in [0.15, 0.2) is 5.96 Å². The molecular weight excluding hydrogens is 505 g/mol. The molecule has 1 saturated carbocycles. The zero-order valence-corrected chi connectivity index (χ0v) is 22.0. The van der Waals surface area contributed by atoms with Gasteiger partial charge in [-0.15, -0.1) is 35.3 Å². The van der Waals surface area contributed by atoms with E-state index >= 15 is 0 Å². The average Bonchev–Trinajstić information content (AvgIpc) is 3.38. The first-order valence-corrected chi connectivity index (χ1v) is 12.7. The van der Waals surface area contributed by atoms with Crippen molar-refractivity contribution in [3.63, 3.8) is 0 Å². The second kappa shape index (κ2) is 11.5. The van der Waals surface area contributed by atoms with Crippen molar-refractivity contribution in [2.24, 2.45) is 16.3 Å². The van der Waals surface area contributed by atoms with Gasteiger partial charge in [-0.3, -0.25) is 9.89 Å². The summed E-state index contributed by atoms with van der Waals surface area (Å²) >= 11 is 1.81. The van der Waals surface area contributed by atoms with E-state index in [0.717, 1.165) is 31.4 Å². The number of aryl methyl sites for hydroxylation is 1. The minimum Gasteiger partial charge on any atom is -0.356 e. The number of hydrogen-bond acceptors (Lipinski definition) is 4. The van der Waals surface area contributed by atoms with Crippen molar-refractivity contribution in [1.29, 1.82) is 0 Å². The Bertz CT molecular complexity index is 677. The highest BCUT2D eigenvalue weighted by atomic mass is 127. The minimum atomic E-state index is 0. The van der Waals surface area contributed by atoms with Crippen LogP contribution in [-0.2, 0) is 13.0 Å². The standard InChI is InChI=1S/C23H39N5S.HI/c1-3-21-26-20(17-29-21)16-27-12-7-19(8-13-27)15-25-22(24-2)28-14-11-23(18-28)9-5-4-6-10-23;/h17,19H,3-16,18H2,1-2H3,(H,24,25);1H. The molecule has 0 amide bonds. The van der Waals surface area contributed by atoms with Crippen molar-refractivity contribution in [3.05, 3.63) is 16.1 Å². The SMILES string of the molecule is CCc1nc(CN2CCC(CNC(=NC)N3CCC4(CCCCC4)C3)CC2)cs1.I. The number of nitrogens with zero attached hydrogens (tertiary/aromatic N) is 4. The number of hydrogen-bond donors (Lipinski definition) is 1. The second-order valence-corrected chi connectivity index (χ2v) is 10.4. The molecule has 5 nitrogen and oxygen atoms in total. The molecule has 3 fully saturated rings. The summed E-state index contributed by atoms with van der Waals surface area (Å²) in [6.07, 6.45) is 12.1. The third-order valence-corrected chi connectivity index (χ3v) is 8.45. The molecule has 1 spiro atoms. The molecule has 1 aromatic heterocycles. The van der Waals surface area contributed by atoms with Crippen LogP contribution in [0.3, 0.4) is 0 Å². The summed E-state index contributed by atoms with van der Waals surface area (Å²) in [7, 11) is 1.95. The summed E-state index contributed by atoms with van der Waals surface area (Å²) in [5, 5.41) is 7.23. The third-order valence-electron chi connectivity index (χ3n) is 7.41. The highest BCUT2D eigenvalue weighted by Gasteiger charge is 2.39. The van der Waals surface area contributed by atoms with Crippen LogP contribution in [0.15, 0.2) is 10.4 Å². The zero-order valence-electron chi connectivity index (χ0n) is 18.9. The fourth-order valence-corrected chi connectivity index (χ4v) is 6.29. The van der Waals surface area contributed by atoms with E-state index in [0.29, 0.717) is 5.41 Å². The maximum absolute atomic E-state index is 4.74. The highest BCUT2D eigenvalue weighted by Crippen LogP contribution is 2.43. The van der Waals surface area contributed by atoms with E-state index in [1.165, 1.54) is 88.2 Å². The summed E-state index contributed by atoms with van der Waals surface area (Å²) in [6, 6.07) is 0. The maximum atomic E-state index is 4.74. The Hall–Kier alpha value is -0.410. The van der Waals surface area contributed by atoms with Crippen LogP contribution in [0.4, 0.5) is 0 Å². The summed E-state index contributed by atoms with van der Waals surface area (Å²) < 4.78 is 0. The molecule has 0 unspecified atom stereocenters. The molecule has 0 aromatic carbocycles. The predicted molar refractivity (Wildman–Crippen MR) is 138 cm³/mol. The monoisotopic (exact) mass is 545 g/mol. The third kappa shape index (κ3) is 6.09. The quantitative estimate of drug-likeness (QED) is 0.329. The van der Waals surface area contributed by atoms with Gasteiger partial charge in [0.25, 0.3) is 0 Å². The Morgan fingerprint density at radius 2 is 1.97 bits per heavy atom. The van der Waals surface area contributed by atoms with E-state index in [1.807, 2.05) is 7.05 Å². The molecule has 30 heavy (non-hydrogen) atoms. The Morgan fingerprint density at radius 3 is 2.63 bits per heavy atom. The summed E-state index contributed by atoms with van der Waals surface area (Å²) in [6.45, 7) is 9.07. The topological polar surface area (TPSA) is 43.8 Å². The van der Waals surface area contributed by atoms with Crippen molar-refractivity contribution in [3.8, 4) is 0 Å². The van der Waals surface area contributed by atoms with Gasteiger partial charge in [0.05, 0.1) is 10.7 Å². The molecule has 1 N–H and O–H groups in total. The van der Waals surface area contributed by atoms with Gasteiger partial charge in [0.1, 0.15) is 0 Å². The number of aliphatic imine (C=N–C) groups is 1. The van der Waals surface area contributed by atoms with Gasteiger partial charge in [0, 0.05) is 38.6 Å². The van der Waals surface area contributed by atoms with Gasteiger partial charge in [0.2, 0.25) is 0 Å². The Balaban J connectivity index is 0.00000256. The number of nitrogens with one attached hydrogen (secondary N) is 1. The molecule has 0 bridgehead atoms. The number of rotatable bonds is 5. The van der Waals surface area contributed by atoms with Gasteiger partial charge < -0.3 is 10.2 Å². The fourth-order valence-electron chi connectivity index (χ4n) is 5.56. The smallest absolute Gasteiger partial charge is 0.193 e. The molecule has 2 aliphatic heterocycles. The van der Waals surface area contributed by atoms with Gasteiger partial charge >= 0.3 is 0 Å². The second-order valence-electron chi connectivity index (χ2n) is 9.47. The number of guanidine groups is 1. The molecule has 1 aromatic rings. The lowest BCUT2D eigenvalue weighted by molar-refractivity contribution is 0.175. The van der Waals surface area contributed by atoms with E-state index in [9.17, 15) is 0 Å². The van der Waals surface area contributed by atoms with Crippen molar-refractivity contribution in [1.82, 2.24) is 20.1 Å². The maximum Gasteiger partial charge on any atom is 0.193 e. The van der Waals surface area contributed by atoms with Crippen LogP contribution < -0.4 is 5.32 Å². The molecule has 0 atom stereocenters. The normalized spacial score (nSPS) is 23.0. The Kier molecular flexibility index (Phi) is 9.25. The first-order chi connectivity index (χ1) is 14.2. The van der Waals surface area contributed by atoms with Gasteiger partial charge in [-0.1, -0.05) is 26.2 Å². The molecule has 4 rings (SSSR count). The lowest BCUT2D eigenvalue weighted by Crippen LogP contribution is -2.45. The van der Waals surface area contributed by atoms with Crippen LogP contribution in [0.5, 0.6) is 0 Å². The Labute approximate surface area is 204 Å². The van der Waals surface area contributed by atoms with Crippen LogP contribution in [0.1, 0.15) is 69.0 Å². The molecule has 3 heterocycles. The summed E-state index contributed by atoms with van der Waals surface area (Å²) in [4.78, 5) is 14.5. The molecular formula is C23H40IN5S. The van der Waals surface area contributed by atoms with Gasteiger partial charge in [-0.05, 0) is 62.9 Å². The van der Waals surface area contributed by atoms with Crippen molar-refractivity contribution in [2.45, 2.75) is 71.3 Å². The molecule has 1 aliphatic carbocycles. The first kappa shape index (κ1) is 24.2. The molecule has 170 valence electrons. The lowest BCUT2D eigenvalue weighted by Gasteiger charge is -2.34. The average molecular weight is 546 g/mol. The van der Waals surface area contributed by atoms with E-state index in [-0.39, 0.29) is 24.0 Å². The van der Waals surface area contributed by atoms with Crippen molar-refractivity contribution < 1.29 is 0 Å². The van der Waals surface area contributed by atoms with Crippen LogP contribution in [0.25, 0.3) is 0 Å². The van der Waals surface area contributed by atoms with E-state index in [2.05, 4.69) is 32.4 Å². The van der Waals surface area contributed by atoms with Crippen LogP contribution >= 0.6 is 35.3 Å². The molecule has 0 radical (unpaired) electrons. The highest BCUT2D eigenvalue weighted by molar-refractivity contribution is 14.0. The largest absolute Gasteiger partial charge is 0.356 e. The molecule has 7 heteroatoms. The predicted octanol–water partition coefficient (Wildman–Crippen LogP) is 4.77. The van der Waals surface area contributed by atoms with E-state index < -0.39 is 0 Å². The fraction of sp³-hybridized carbons (Fsp3) is 0.826. The molecule has 3 aliphatic rings. The Morgan fingerprint density at radius 1 is 1.20 bits per heavy atom. The number of thiazole rings is 1. The van der Waals surface area contributed by atoms with Crippen LogP contribution in [0, 0.1) is 11.3 Å². The van der Waals surface area contributed by atoms with Crippen molar-refractivity contribution in [2.75, 3.05) is 39.8 Å². The molecule has 2 saturated heterocycles. The minimum absolute atomic E-state index is 0. The lowest BCUT2D eigenvalue weighted by atomic mass is 9.73. The first-order valence-electron chi connectivity index (χ1n) is 11.8. The van der Waals surface area contributed by atoms with E-state index in [4.69, 9.17) is 4.98 Å². The number of likely N-dealkylation sites (tertiary alicyclic amines) is 2. The van der Waals surface area contributed by atoms with Crippen LogP contribution in [0.2, 0.25) is 0 Å². The number of halogens is 1. The number of piperidine rings is 1. The zero-order chi connectivity index (χ0) is 20.1. The van der Waals surface area contributed by atoms with Crippen molar-refractivity contribution >= 4 is 41.3 Å². The van der Waals surface area contributed by atoms with Crippen LogP contribution in [-0.4, -0.2) is 60.5 Å². The number of aromatic nitrogens is 1. The summed E-state index contributed by atoms with van der Waals surface area (Å²) in [5.41, 5.74) is 1.85. The van der Waals surface area contributed by atoms with Gasteiger partial charge in [-0.25, -0.2) is 4.98 Å². The summed E-state index contributed by atoms with van der Waals surface area (Å²) in [5.74, 6) is 1.90. The van der Waals surface area contributed by atoms with Gasteiger partial charge in [-0.2, -0.15) is 0 Å². The van der Waals surface area contributed by atoms with E-state index in [1.54, 1.807) is 11.3 Å².